The summed E-state index contributed by atoms with van der Waals surface area (Å²) in [4.78, 5) is 31.1. The average Bonchev–Trinajstić information content (AvgIpc) is 3.11. The van der Waals surface area contributed by atoms with Crippen LogP contribution in [0.1, 0.15) is 51.7 Å². The Balaban J connectivity index is 1.46. The number of para-hydroxylation sites is 1. The molecule has 6 heteroatoms. The lowest BCUT2D eigenvalue weighted by molar-refractivity contribution is 0.0787. The van der Waals surface area contributed by atoms with Gasteiger partial charge in [-0.25, -0.2) is 4.98 Å². The smallest absolute Gasteiger partial charge is 0.255 e. The number of carbonyl (C=O) groups is 2. The van der Waals surface area contributed by atoms with Gasteiger partial charge < -0.3 is 15.5 Å². The van der Waals surface area contributed by atoms with Gasteiger partial charge in [-0.1, -0.05) is 30.3 Å². The standard InChI is InChI=1S/C24H24N4O2/c1-3-28-15-21-20(24(28)30)13-14-25-22(21)26-16(2)17-9-11-18(12-10-17)23(29)27-19-7-5-4-6-8-19/h4-14,16H,3,15H2,1-2H3,(H,25,26)(H,27,29). The summed E-state index contributed by atoms with van der Waals surface area (Å²) in [6.07, 6.45) is 1.67. The van der Waals surface area contributed by atoms with Crippen molar-refractivity contribution in [2.24, 2.45) is 0 Å². The second kappa shape index (κ2) is 8.37. The number of carbonyl (C=O) groups excluding carboxylic acids is 2. The number of aromatic nitrogens is 1. The Morgan fingerprint density at radius 2 is 1.83 bits per heavy atom. The van der Waals surface area contributed by atoms with Crippen LogP contribution in [0.4, 0.5) is 11.5 Å². The van der Waals surface area contributed by atoms with E-state index in [1.54, 1.807) is 12.3 Å². The normalized spacial score (nSPS) is 13.7. The van der Waals surface area contributed by atoms with E-state index in [1.165, 1.54) is 0 Å². The van der Waals surface area contributed by atoms with Crippen LogP contribution >= 0.6 is 0 Å². The molecule has 0 radical (unpaired) electrons. The molecular weight excluding hydrogens is 376 g/mol. The van der Waals surface area contributed by atoms with E-state index in [-0.39, 0.29) is 17.9 Å². The summed E-state index contributed by atoms with van der Waals surface area (Å²) in [7, 11) is 0. The zero-order valence-corrected chi connectivity index (χ0v) is 17.1. The van der Waals surface area contributed by atoms with Gasteiger partial charge >= 0.3 is 0 Å². The quantitative estimate of drug-likeness (QED) is 0.640. The summed E-state index contributed by atoms with van der Waals surface area (Å²) in [5.41, 5.74) is 4.05. The fraction of sp³-hybridized carbons (Fsp3) is 0.208. The molecule has 4 rings (SSSR count). The first-order valence-corrected chi connectivity index (χ1v) is 10.1. The van der Waals surface area contributed by atoms with E-state index in [2.05, 4.69) is 15.6 Å². The van der Waals surface area contributed by atoms with Gasteiger partial charge in [-0.2, -0.15) is 0 Å². The zero-order valence-electron chi connectivity index (χ0n) is 17.1. The van der Waals surface area contributed by atoms with Gasteiger partial charge in [-0.05, 0) is 49.7 Å². The number of nitrogens with zero attached hydrogens (tertiary/aromatic N) is 2. The molecule has 0 aliphatic carbocycles. The van der Waals surface area contributed by atoms with Crippen molar-refractivity contribution in [2.75, 3.05) is 17.2 Å². The lowest BCUT2D eigenvalue weighted by Gasteiger charge is -2.17. The summed E-state index contributed by atoms with van der Waals surface area (Å²) in [5.74, 6) is 0.642. The minimum absolute atomic E-state index is 0.0268. The molecule has 1 aliphatic heterocycles. The number of rotatable bonds is 6. The van der Waals surface area contributed by atoms with Crippen LogP contribution in [0.15, 0.2) is 66.9 Å². The first kappa shape index (κ1) is 19.6. The monoisotopic (exact) mass is 400 g/mol. The van der Waals surface area contributed by atoms with Gasteiger partial charge in [0.2, 0.25) is 0 Å². The highest BCUT2D eigenvalue weighted by Crippen LogP contribution is 2.29. The number of nitrogens with one attached hydrogen (secondary N) is 2. The van der Waals surface area contributed by atoms with Crippen LogP contribution in [0.5, 0.6) is 0 Å². The lowest BCUT2D eigenvalue weighted by Crippen LogP contribution is -2.22. The highest BCUT2D eigenvalue weighted by atomic mass is 16.2. The van der Waals surface area contributed by atoms with Crippen LogP contribution in [0, 0.1) is 0 Å². The van der Waals surface area contributed by atoms with Crippen molar-refractivity contribution in [2.45, 2.75) is 26.4 Å². The van der Waals surface area contributed by atoms with E-state index >= 15 is 0 Å². The van der Waals surface area contributed by atoms with Gasteiger partial charge in [-0.15, -0.1) is 0 Å². The minimum Gasteiger partial charge on any atom is -0.363 e. The van der Waals surface area contributed by atoms with Gasteiger partial charge in [0.05, 0.1) is 6.54 Å². The molecule has 0 spiro atoms. The van der Waals surface area contributed by atoms with E-state index < -0.39 is 0 Å². The number of anilines is 2. The molecule has 2 amide bonds. The third kappa shape index (κ3) is 3.89. The molecule has 0 bridgehead atoms. The number of amides is 2. The number of fused-ring (bicyclic) bond motifs is 1. The Bertz CT molecular complexity index is 1060. The SMILES string of the molecule is CCN1Cc2c(ccnc2NC(C)c2ccc(C(=O)Nc3ccccc3)cc2)C1=O. The van der Waals surface area contributed by atoms with Crippen LogP contribution in [0.3, 0.4) is 0 Å². The first-order chi connectivity index (χ1) is 14.6. The number of hydrogen-bond donors (Lipinski definition) is 2. The van der Waals surface area contributed by atoms with Crippen molar-refractivity contribution in [3.05, 3.63) is 89.1 Å². The molecule has 152 valence electrons. The maximum Gasteiger partial charge on any atom is 0.255 e. The molecule has 2 aromatic carbocycles. The first-order valence-electron chi connectivity index (χ1n) is 10.1. The second-order valence-corrected chi connectivity index (χ2v) is 7.31. The molecule has 1 aliphatic rings. The van der Waals surface area contributed by atoms with Gasteiger partial charge in [0.15, 0.2) is 0 Å². The summed E-state index contributed by atoms with van der Waals surface area (Å²) >= 11 is 0. The molecule has 2 N–H and O–H groups in total. The van der Waals surface area contributed by atoms with E-state index in [9.17, 15) is 9.59 Å². The number of pyridine rings is 1. The van der Waals surface area contributed by atoms with E-state index in [0.717, 1.165) is 28.2 Å². The highest BCUT2D eigenvalue weighted by Gasteiger charge is 2.29. The molecule has 2 heterocycles. The predicted octanol–water partition coefficient (Wildman–Crippen LogP) is 4.48. The van der Waals surface area contributed by atoms with Crippen LogP contribution < -0.4 is 10.6 Å². The van der Waals surface area contributed by atoms with E-state index in [0.29, 0.717) is 18.7 Å². The van der Waals surface area contributed by atoms with Crippen molar-refractivity contribution < 1.29 is 9.59 Å². The Labute approximate surface area is 175 Å². The predicted molar refractivity (Wildman–Crippen MR) is 118 cm³/mol. The third-order valence-corrected chi connectivity index (χ3v) is 5.36. The second-order valence-electron chi connectivity index (χ2n) is 7.31. The topological polar surface area (TPSA) is 74.3 Å². The molecule has 1 unspecified atom stereocenters. The highest BCUT2D eigenvalue weighted by molar-refractivity contribution is 6.04. The van der Waals surface area contributed by atoms with Crippen LogP contribution in [-0.4, -0.2) is 28.2 Å². The molecule has 0 saturated carbocycles. The van der Waals surface area contributed by atoms with Crippen molar-refractivity contribution in [3.8, 4) is 0 Å². The molecule has 6 nitrogen and oxygen atoms in total. The molecule has 1 aromatic heterocycles. The lowest BCUT2D eigenvalue weighted by atomic mass is 10.0. The Morgan fingerprint density at radius 3 is 2.53 bits per heavy atom. The van der Waals surface area contributed by atoms with E-state index in [1.807, 2.05) is 73.3 Å². The molecule has 30 heavy (non-hydrogen) atoms. The molecule has 0 fully saturated rings. The summed E-state index contributed by atoms with van der Waals surface area (Å²) in [5, 5.41) is 6.31. The Hall–Kier alpha value is -3.67. The minimum atomic E-state index is -0.144. The molecule has 1 atom stereocenters. The molecule has 3 aromatic rings. The van der Waals surface area contributed by atoms with Gasteiger partial charge in [-0.3, -0.25) is 9.59 Å². The van der Waals surface area contributed by atoms with Crippen LogP contribution in [0.2, 0.25) is 0 Å². The summed E-state index contributed by atoms with van der Waals surface area (Å²) in [6.45, 7) is 5.26. The summed E-state index contributed by atoms with van der Waals surface area (Å²) < 4.78 is 0. The van der Waals surface area contributed by atoms with Crippen LogP contribution in [-0.2, 0) is 6.54 Å². The third-order valence-electron chi connectivity index (χ3n) is 5.36. The maximum atomic E-state index is 12.4. The fourth-order valence-electron chi connectivity index (χ4n) is 3.60. The average molecular weight is 400 g/mol. The van der Waals surface area contributed by atoms with Gasteiger partial charge in [0, 0.05) is 41.2 Å². The Morgan fingerprint density at radius 1 is 1.10 bits per heavy atom. The van der Waals surface area contributed by atoms with Crippen molar-refractivity contribution in [1.82, 2.24) is 9.88 Å². The fourth-order valence-corrected chi connectivity index (χ4v) is 3.60. The molecular formula is C24H24N4O2. The van der Waals surface area contributed by atoms with Crippen molar-refractivity contribution in [1.29, 1.82) is 0 Å². The summed E-state index contributed by atoms with van der Waals surface area (Å²) in [6, 6.07) is 18.6. The maximum absolute atomic E-state index is 12.4. The van der Waals surface area contributed by atoms with Gasteiger partial charge in [0.1, 0.15) is 5.82 Å². The van der Waals surface area contributed by atoms with Crippen LogP contribution in [0.25, 0.3) is 0 Å². The largest absolute Gasteiger partial charge is 0.363 e. The van der Waals surface area contributed by atoms with Crippen molar-refractivity contribution >= 4 is 23.3 Å². The van der Waals surface area contributed by atoms with Crippen molar-refractivity contribution in [3.63, 3.8) is 0 Å². The number of benzene rings is 2. The van der Waals surface area contributed by atoms with Gasteiger partial charge in [0.25, 0.3) is 11.8 Å². The van der Waals surface area contributed by atoms with E-state index in [4.69, 9.17) is 0 Å². The molecule has 0 saturated heterocycles. The Kier molecular flexibility index (Phi) is 5.48. The zero-order chi connectivity index (χ0) is 21.1. The number of hydrogen-bond acceptors (Lipinski definition) is 4.